The summed E-state index contributed by atoms with van der Waals surface area (Å²) in [6.45, 7) is 1.40. The number of tetrazole rings is 1. The molecule has 118 valence electrons. The number of rotatable bonds is 6. The van der Waals surface area contributed by atoms with Gasteiger partial charge in [0.15, 0.2) is 0 Å². The van der Waals surface area contributed by atoms with Gasteiger partial charge in [0.2, 0.25) is 11.9 Å². The maximum absolute atomic E-state index is 12.2. The molecule has 0 fully saturated rings. The number of likely N-dealkylation sites (N-methyl/N-ethyl adjacent to an activating group) is 1. The molecule has 0 bridgehead atoms. The number of carbonyl (C=O) groups is 1. The van der Waals surface area contributed by atoms with Gasteiger partial charge in [0.05, 0.1) is 0 Å². The van der Waals surface area contributed by atoms with Crippen LogP contribution in [0, 0.1) is 0 Å². The van der Waals surface area contributed by atoms with Gasteiger partial charge in [-0.3, -0.25) is 4.79 Å². The molecule has 8 heteroatoms. The largest absolute Gasteiger partial charge is 0.367 e. The fourth-order valence-corrected chi connectivity index (χ4v) is 2.12. The van der Waals surface area contributed by atoms with Crippen molar-refractivity contribution in [3.63, 3.8) is 0 Å². The Morgan fingerprint density at radius 1 is 1.18 bits per heavy atom. The quantitative estimate of drug-likeness (QED) is 0.806. The third kappa shape index (κ3) is 4.01. The molecule has 2 N–H and O–H groups in total. The number of aromatic nitrogens is 4. The molecule has 0 radical (unpaired) electrons. The molecule has 8 nitrogen and oxygen atoms in total. The lowest BCUT2D eigenvalue weighted by Crippen LogP contribution is -2.31. The van der Waals surface area contributed by atoms with E-state index in [0.717, 1.165) is 12.1 Å². The predicted octanol–water partition coefficient (Wildman–Crippen LogP) is -0.0245. The van der Waals surface area contributed by atoms with E-state index in [9.17, 15) is 4.79 Å². The smallest absolute Gasteiger partial charge is 0.244 e. The van der Waals surface area contributed by atoms with Crippen LogP contribution in [0.4, 0.5) is 5.95 Å². The van der Waals surface area contributed by atoms with Crippen LogP contribution < -0.4 is 5.73 Å². The van der Waals surface area contributed by atoms with Crippen LogP contribution in [0.5, 0.6) is 0 Å². The maximum atomic E-state index is 12.2. The van der Waals surface area contributed by atoms with Crippen molar-refractivity contribution < 1.29 is 4.79 Å². The summed E-state index contributed by atoms with van der Waals surface area (Å²) in [6, 6.07) is 8.10. The van der Waals surface area contributed by atoms with Crippen LogP contribution in [0.3, 0.4) is 0 Å². The first kappa shape index (κ1) is 15.9. The Morgan fingerprint density at radius 2 is 1.82 bits per heavy atom. The Balaban J connectivity index is 2.04. The fourth-order valence-electron chi connectivity index (χ4n) is 2.12. The molecular weight excluding hydrogens is 282 g/mol. The van der Waals surface area contributed by atoms with Crippen molar-refractivity contribution in [2.45, 2.75) is 19.6 Å². The van der Waals surface area contributed by atoms with Crippen LogP contribution in [-0.4, -0.2) is 57.1 Å². The fraction of sp³-hybridized carbons (Fsp3) is 0.429. The third-order valence-electron chi connectivity index (χ3n) is 3.28. The molecule has 2 rings (SSSR count). The molecule has 1 heterocycles. The molecule has 0 aliphatic rings. The Hall–Kier alpha value is -2.48. The van der Waals surface area contributed by atoms with E-state index in [1.807, 2.05) is 32.3 Å². The molecule has 1 aromatic carbocycles. The van der Waals surface area contributed by atoms with Gasteiger partial charge in [0.1, 0.15) is 6.54 Å². The highest BCUT2D eigenvalue weighted by Gasteiger charge is 2.14. The first-order chi connectivity index (χ1) is 10.5. The molecule has 22 heavy (non-hydrogen) atoms. The monoisotopic (exact) mass is 303 g/mol. The maximum Gasteiger partial charge on any atom is 0.244 e. The molecule has 1 aromatic heterocycles. The average molecular weight is 303 g/mol. The lowest BCUT2D eigenvalue weighted by Gasteiger charge is -2.20. The van der Waals surface area contributed by atoms with E-state index in [-0.39, 0.29) is 18.4 Å². The van der Waals surface area contributed by atoms with Gasteiger partial charge >= 0.3 is 0 Å². The molecule has 0 atom stereocenters. The van der Waals surface area contributed by atoms with Crippen LogP contribution in [0.1, 0.15) is 11.1 Å². The Bertz CT molecular complexity index is 638. The highest BCUT2D eigenvalue weighted by Crippen LogP contribution is 2.13. The van der Waals surface area contributed by atoms with E-state index in [1.54, 1.807) is 11.9 Å². The second kappa shape index (κ2) is 6.99. The van der Waals surface area contributed by atoms with Crippen molar-refractivity contribution in [2.24, 2.45) is 0 Å². The summed E-state index contributed by atoms with van der Waals surface area (Å²) < 4.78 is 1.28. The van der Waals surface area contributed by atoms with Gasteiger partial charge in [0.25, 0.3) is 0 Å². The zero-order valence-corrected chi connectivity index (χ0v) is 13.1. The number of nitrogen functional groups attached to an aromatic ring is 1. The van der Waals surface area contributed by atoms with Crippen molar-refractivity contribution in [3.05, 3.63) is 35.4 Å². The van der Waals surface area contributed by atoms with E-state index < -0.39 is 0 Å². The summed E-state index contributed by atoms with van der Waals surface area (Å²) in [4.78, 5) is 16.0. The number of amides is 1. The molecule has 0 aliphatic heterocycles. The van der Waals surface area contributed by atoms with Crippen molar-refractivity contribution in [1.82, 2.24) is 30.0 Å². The number of nitrogens with two attached hydrogens (primary N) is 1. The molecule has 1 amide bonds. The van der Waals surface area contributed by atoms with Crippen LogP contribution >= 0.6 is 0 Å². The molecular formula is C14H21N7O. The predicted molar refractivity (Wildman–Crippen MR) is 82.5 cm³/mol. The number of carbonyl (C=O) groups excluding carboxylic acids is 1. The Morgan fingerprint density at radius 3 is 2.36 bits per heavy atom. The highest BCUT2D eigenvalue weighted by molar-refractivity contribution is 5.75. The normalized spacial score (nSPS) is 10.9. The van der Waals surface area contributed by atoms with E-state index in [0.29, 0.717) is 6.54 Å². The van der Waals surface area contributed by atoms with Gasteiger partial charge in [-0.25, -0.2) is 4.68 Å². The van der Waals surface area contributed by atoms with Crippen LogP contribution in [-0.2, 0) is 24.4 Å². The zero-order valence-electron chi connectivity index (χ0n) is 13.1. The summed E-state index contributed by atoms with van der Waals surface area (Å²) in [5, 5.41) is 10.7. The van der Waals surface area contributed by atoms with Gasteiger partial charge < -0.3 is 15.5 Å². The molecule has 2 aromatic rings. The van der Waals surface area contributed by atoms with Crippen LogP contribution in [0.25, 0.3) is 0 Å². The number of nitrogens with zero attached hydrogens (tertiary/aromatic N) is 6. The van der Waals surface area contributed by atoms with Gasteiger partial charge in [-0.05, 0) is 35.6 Å². The van der Waals surface area contributed by atoms with Crippen molar-refractivity contribution in [2.75, 3.05) is 26.9 Å². The van der Waals surface area contributed by atoms with Gasteiger partial charge in [-0.1, -0.05) is 29.4 Å². The average Bonchev–Trinajstić information content (AvgIpc) is 2.85. The molecule has 0 unspecified atom stereocenters. The van der Waals surface area contributed by atoms with Gasteiger partial charge in [-0.15, -0.1) is 0 Å². The van der Waals surface area contributed by atoms with E-state index in [2.05, 4.69) is 26.5 Å². The second-order valence-electron chi connectivity index (χ2n) is 5.45. The Labute approximate surface area is 129 Å². The first-order valence-electron chi connectivity index (χ1n) is 6.94. The summed E-state index contributed by atoms with van der Waals surface area (Å²) in [5.74, 6) is 0.0356. The van der Waals surface area contributed by atoms with Crippen molar-refractivity contribution in [1.29, 1.82) is 0 Å². The number of benzene rings is 1. The van der Waals surface area contributed by atoms with E-state index in [4.69, 9.17) is 5.73 Å². The minimum atomic E-state index is -0.0985. The minimum Gasteiger partial charge on any atom is -0.367 e. The first-order valence-corrected chi connectivity index (χ1v) is 6.94. The molecule has 0 saturated carbocycles. The van der Waals surface area contributed by atoms with Crippen LogP contribution in [0.2, 0.25) is 0 Å². The third-order valence-corrected chi connectivity index (χ3v) is 3.28. The standard InChI is InChI=1S/C14H21N7O/c1-19(2)8-11-6-4-5-7-12(11)9-20(3)13(22)10-21-14(15)16-17-18-21/h4-7H,8-10H2,1-3H3,(H2,15,16,18). The van der Waals surface area contributed by atoms with Crippen molar-refractivity contribution in [3.8, 4) is 0 Å². The number of hydrogen-bond donors (Lipinski definition) is 1. The Kier molecular flexibility index (Phi) is 5.05. The topological polar surface area (TPSA) is 93.2 Å². The van der Waals surface area contributed by atoms with Gasteiger partial charge in [-0.2, -0.15) is 0 Å². The number of anilines is 1. The second-order valence-corrected chi connectivity index (χ2v) is 5.45. The van der Waals surface area contributed by atoms with Gasteiger partial charge in [0, 0.05) is 20.1 Å². The lowest BCUT2D eigenvalue weighted by atomic mass is 10.1. The summed E-state index contributed by atoms with van der Waals surface area (Å²) in [7, 11) is 5.80. The SMILES string of the molecule is CN(C)Cc1ccccc1CN(C)C(=O)Cn1nnnc1N. The van der Waals surface area contributed by atoms with Crippen LogP contribution in [0.15, 0.2) is 24.3 Å². The summed E-state index contributed by atoms with van der Waals surface area (Å²) in [6.07, 6.45) is 0. The molecule has 0 aliphatic carbocycles. The molecule has 0 spiro atoms. The zero-order chi connectivity index (χ0) is 16.1. The highest BCUT2D eigenvalue weighted by atomic mass is 16.2. The van der Waals surface area contributed by atoms with E-state index in [1.165, 1.54) is 10.2 Å². The summed E-state index contributed by atoms with van der Waals surface area (Å²) in [5.41, 5.74) is 7.90. The lowest BCUT2D eigenvalue weighted by molar-refractivity contribution is -0.131. The summed E-state index contributed by atoms with van der Waals surface area (Å²) >= 11 is 0. The molecule has 0 saturated heterocycles. The minimum absolute atomic E-state index is 0.0329. The van der Waals surface area contributed by atoms with E-state index >= 15 is 0 Å². The van der Waals surface area contributed by atoms with Crippen molar-refractivity contribution >= 4 is 11.9 Å². The number of hydrogen-bond acceptors (Lipinski definition) is 6.